The van der Waals surface area contributed by atoms with Crippen molar-refractivity contribution in [1.82, 2.24) is 20.1 Å². The van der Waals surface area contributed by atoms with Crippen molar-refractivity contribution in [1.29, 1.82) is 0 Å². The van der Waals surface area contributed by atoms with Gasteiger partial charge in [-0.15, -0.1) is 0 Å². The van der Waals surface area contributed by atoms with Gasteiger partial charge in [0.1, 0.15) is 11.8 Å². The maximum atomic E-state index is 13.0. The van der Waals surface area contributed by atoms with E-state index in [1.807, 2.05) is 17.0 Å². The first-order chi connectivity index (χ1) is 13.6. The molecule has 0 unspecified atom stereocenters. The predicted molar refractivity (Wildman–Crippen MR) is 98.7 cm³/mol. The maximum Gasteiger partial charge on any atom is 0.325 e. The standard InChI is InChI=1S/C20H22N4O4/c25-18(23-9-2-1-7-17(23)14-5-3-8-21-12-14)11-16-19(26)24(20(27)22-16)13-15-6-4-10-28-15/h3-6,8,10,12,16-17H,1-2,7,9,11,13H2,(H,22,27)/t16-,17-/m0/s1. The lowest BCUT2D eigenvalue weighted by Gasteiger charge is -2.36. The molecule has 0 bridgehead atoms. The third-order valence-electron chi connectivity index (χ3n) is 5.27. The van der Waals surface area contributed by atoms with Crippen molar-refractivity contribution < 1.29 is 18.8 Å². The Morgan fingerprint density at radius 2 is 2.14 bits per heavy atom. The van der Waals surface area contributed by atoms with Crippen LogP contribution in [-0.4, -0.2) is 45.2 Å². The van der Waals surface area contributed by atoms with Crippen molar-refractivity contribution in [2.45, 2.75) is 44.3 Å². The number of aromatic nitrogens is 1. The molecule has 8 nitrogen and oxygen atoms in total. The summed E-state index contributed by atoms with van der Waals surface area (Å²) in [5.41, 5.74) is 0.997. The highest BCUT2D eigenvalue weighted by molar-refractivity contribution is 6.05. The molecule has 28 heavy (non-hydrogen) atoms. The van der Waals surface area contributed by atoms with Gasteiger partial charge in [-0.3, -0.25) is 19.5 Å². The summed E-state index contributed by atoms with van der Waals surface area (Å²) in [5.74, 6) is -0.0140. The van der Waals surface area contributed by atoms with Crippen LogP contribution in [0.2, 0.25) is 0 Å². The minimum absolute atomic E-state index is 0.0404. The summed E-state index contributed by atoms with van der Waals surface area (Å²) in [6.45, 7) is 0.702. The number of nitrogens with zero attached hydrogens (tertiary/aromatic N) is 3. The summed E-state index contributed by atoms with van der Waals surface area (Å²) in [6.07, 6.45) is 7.77. The van der Waals surface area contributed by atoms with Gasteiger partial charge in [-0.2, -0.15) is 0 Å². The SMILES string of the molecule is O=C1N[C@@H](CC(=O)N2CCCC[C@H]2c2cccnc2)C(=O)N1Cc1ccco1. The molecule has 0 spiro atoms. The van der Waals surface area contributed by atoms with Crippen LogP contribution in [0.25, 0.3) is 0 Å². The van der Waals surface area contributed by atoms with E-state index in [4.69, 9.17) is 4.42 Å². The third-order valence-corrected chi connectivity index (χ3v) is 5.27. The number of likely N-dealkylation sites (tertiary alicyclic amines) is 1. The molecule has 4 rings (SSSR count). The van der Waals surface area contributed by atoms with Gasteiger partial charge in [0.2, 0.25) is 5.91 Å². The average molecular weight is 382 g/mol. The molecule has 2 aliphatic heterocycles. The van der Waals surface area contributed by atoms with Crippen LogP contribution < -0.4 is 5.32 Å². The number of piperidine rings is 1. The fourth-order valence-electron chi connectivity index (χ4n) is 3.86. The highest BCUT2D eigenvalue weighted by Crippen LogP contribution is 2.31. The van der Waals surface area contributed by atoms with E-state index in [0.717, 1.165) is 29.7 Å². The molecule has 0 saturated carbocycles. The lowest BCUT2D eigenvalue weighted by atomic mass is 9.95. The number of nitrogens with one attached hydrogen (secondary N) is 1. The number of urea groups is 1. The summed E-state index contributed by atoms with van der Waals surface area (Å²) in [5, 5.41) is 2.63. The second-order valence-electron chi connectivity index (χ2n) is 7.10. The van der Waals surface area contributed by atoms with Gasteiger partial charge in [-0.25, -0.2) is 4.79 Å². The van der Waals surface area contributed by atoms with E-state index >= 15 is 0 Å². The van der Waals surface area contributed by atoms with Crippen LogP contribution in [0, 0.1) is 0 Å². The molecule has 8 heteroatoms. The van der Waals surface area contributed by atoms with Gasteiger partial charge in [0, 0.05) is 18.9 Å². The van der Waals surface area contributed by atoms with Crippen LogP contribution in [-0.2, 0) is 16.1 Å². The number of pyridine rings is 1. The third kappa shape index (κ3) is 3.62. The van der Waals surface area contributed by atoms with E-state index < -0.39 is 18.0 Å². The number of amides is 4. The van der Waals surface area contributed by atoms with Gasteiger partial charge >= 0.3 is 6.03 Å². The Morgan fingerprint density at radius 3 is 2.89 bits per heavy atom. The van der Waals surface area contributed by atoms with Crippen molar-refractivity contribution in [3.8, 4) is 0 Å². The van der Waals surface area contributed by atoms with Gasteiger partial charge < -0.3 is 14.6 Å². The number of hydrogen-bond acceptors (Lipinski definition) is 5. The fourth-order valence-corrected chi connectivity index (χ4v) is 3.86. The lowest BCUT2D eigenvalue weighted by Crippen LogP contribution is -2.42. The van der Waals surface area contributed by atoms with Crippen molar-refractivity contribution in [2.24, 2.45) is 0 Å². The highest BCUT2D eigenvalue weighted by atomic mass is 16.3. The summed E-state index contributed by atoms with van der Waals surface area (Å²) in [7, 11) is 0. The molecule has 4 amide bonds. The number of rotatable bonds is 5. The van der Waals surface area contributed by atoms with Gasteiger partial charge in [-0.05, 0) is 43.0 Å². The molecule has 2 aliphatic rings. The van der Waals surface area contributed by atoms with Crippen LogP contribution in [0.5, 0.6) is 0 Å². The van der Waals surface area contributed by atoms with Crippen LogP contribution in [0.1, 0.15) is 43.0 Å². The quantitative estimate of drug-likeness (QED) is 0.800. The number of carbonyl (C=O) groups is 3. The van der Waals surface area contributed by atoms with Crippen LogP contribution >= 0.6 is 0 Å². The van der Waals surface area contributed by atoms with Gasteiger partial charge in [-0.1, -0.05) is 6.07 Å². The second-order valence-corrected chi connectivity index (χ2v) is 7.10. The van der Waals surface area contributed by atoms with Crippen molar-refractivity contribution in [3.05, 3.63) is 54.2 Å². The molecule has 1 N–H and O–H groups in total. The summed E-state index contributed by atoms with van der Waals surface area (Å²) in [4.78, 5) is 44.9. The first-order valence-corrected chi connectivity index (χ1v) is 9.47. The van der Waals surface area contributed by atoms with Gasteiger partial charge in [0.25, 0.3) is 5.91 Å². The monoisotopic (exact) mass is 382 g/mol. The largest absolute Gasteiger partial charge is 0.467 e. The first-order valence-electron chi connectivity index (χ1n) is 9.47. The second kappa shape index (κ2) is 7.84. The zero-order valence-electron chi connectivity index (χ0n) is 15.4. The summed E-state index contributed by atoms with van der Waals surface area (Å²) < 4.78 is 5.21. The number of furan rings is 1. The Kier molecular flexibility index (Phi) is 5.10. The van der Waals surface area contributed by atoms with E-state index in [0.29, 0.717) is 12.3 Å². The molecule has 0 aromatic carbocycles. The topological polar surface area (TPSA) is 95.8 Å². The van der Waals surface area contributed by atoms with E-state index in [2.05, 4.69) is 10.3 Å². The molecule has 2 fully saturated rings. The molecule has 2 aromatic rings. The Labute approximate surface area is 162 Å². The molecule has 146 valence electrons. The first kappa shape index (κ1) is 18.2. The van der Waals surface area contributed by atoms with Crippen LogP contribution in [0.3, 0.4) is 0 Å². The van der Waals surface area contributed by atoms with Crippen molar-refractivity contribution >= 4 is 17.8 Å². The van der Waals surface area contributed by atoms with Crippen LogP contribution in [0.4, 0.5) is 4.79 Å². The van der Waals surface area contributed by atoms with E-state index in [-0.39, 0.29) is 24.9 Å². The molecular weight excluding hydrogens is 360 g/mol. The minimum Gasteiger partial charge on any atom is -0.467 e. The van der Waals surface area contributed by atoms with E-state index in [1.54, 1.807) is 24.5 Å². The predicted octanol–water partition coefficient (Wildman–Crippen LogP) is 2.24. The zero-order chi connectivity index (χ0) is 19.5. The minimum atomic E-state index is -0.841. The Hall–Kier alpha value is -3.16. The molecule has 2 saturated heterocycles. The summed E-state index contributed by atoms with van der Waals surface area (Å²) in [6, 6.07) is 5.85. The Morgan fingerprint density at radius 1 is 1.25 bits per heavy atom. The number of imide groups is 1. The molecule has 2 aromatic heterocycles. The molecule has 2 atom stereocenters. The molecule has 4 heterocycles. The normalized spacial score (nSPS) is 22.4. The zero-order valence-corrected chi connectivity index (χ0v) is 15.4. The number of hydrogen-bond donors (Lipinski definition) is 1. The Bertz CT molecular complexity index is 852. The molecule has 0 radical (unpaired) electrons. The Balaban J connectivity index is 1.44. The average Bonchev–Trinajstić information content (AvgIpc) is 3.33. The van der Waals surface area contributed by atoms with Gasteiger partial charge in [0.15, 0.2) is 0 Å². The van der Waals surface area contributed by atoms with E-state index in [9.17, 15) is 14.4 Å². The van der Waals surface area contributed by atoms with Crippen LogP contribution in [0.15, 0.2) is 47.3 Å². The maximum absolute atomic E-state index is 13.0. The molecular formula is C20H22N4O4. The lowest BCUT2D eigenvalue weighted by molar-refractivity contribution is -0.138. The van der Waals surface area contributed by atoms with E-state index in [1.165, 1.54) is 6.26 Å². The number of carbonyl (C=O) groups excluding carboxylic acids is 3. The fraction of sp³-hybridized carbons (Fsp3) is 0.400. The van der Waals surface area contributed by atoms with Crippen molar-refractivity contribution in [3.63, 3.8) is 0 Å². The van der Waals surface area contributed by atoms with Crippen molar-refractivity contribution in [2.75, 3.05) is 6.54 Å². The highest BCUT2D eigenvalue weighted by Gasteiger charge is 2.41. The summed E-state index contributed by atoms with van der Waals surface area (Å²) >= 11 is 0. The smallest absolute Gasteiger partial charge is 0.325 e. The molecule has 0 aliphatic carbocycles. The van der Waals surface area contributed by atoms with Gasteiger partial charge in [0.05, 0.1) is 25.3 Å².